The Balaban J connectivity index is 3.01. The summed E-state index contributed by atoms with van der Waals surface area (Å²) in [5.41, 5.74) is 5.67. The molecule has 0 rings (SSSR count). The van der Waals surface area contributed by atoms with Gasteiger partial charge in [0, 0.05) is 5.54 Å². The van der Waals surface area contributed by atoms with Gasteiger partial charge in [0.05, 0.1) is 0 Å². The summed E-state index contributed by atoms with van der Waals surface area (Å²) < 4.78 is 0. The third-order valence-corrected chi connectivity index (χ3v) is 1.79. The average molecular weight is 172 g/mol. The van der Waals surface area contributed by atoms with Crippen LogP contribution in [0.1, 0.15) is 46.5 Å². The first-order chi connectivity index (χ1) is 5.56. The summed E-state index contributed by atoms with van der Waals surface area (Å²) in [6.45, 7) is 8.58. The lowest BCUT2D eigenvalue weighted by atomic mass is 10.1. The summed E-state index contributed by atoms with van der Waals surface area (Å²) in [5, 5.41) is 3.47. The first-order valence-corrected chi connectivity index (χ1v) is 5.01. The van der Waals surface area contributed by atoms with Crippen molar-refractivity contribution in [3.63, 3.8) is 0 Å². The van der Waals surface area contributed by atoms with Crippen LogP contribution < -0.4 is 11.1 Å². The summed E-state index contributed by atoms with van der Waals surface area (Å²) in [4.78, 5) is 0. The highest BCUT2D eigenvalue weighted by atomic mass is 14.9. The third-order valence-electron chi connectivity index (χ3n) is 1.79. The van der Waals surface area contributed by atoms with Gasteiger partial charge in [-0.05, 0) is 46.7 Å². The Bertz CT molecular complexity index is 94.5. The summed E-state index contributed by atoms with van der Waals surface area (Å²) in [5.74, 6) is 0. The van der Waals surface area contributed by atoms with Crippen LogP contribution in [-0.2, 0) is 0 Å². The number of unbranched alkanes of at least 4 members (excludes halogenated alkanes) is 3. The van der Waals surface area contributed by atoms with Crippen molar-refractivity contribution in [1.82, 2.24) is 5.32 Å². The summed E-state index contributed by atoms with van der Waals surface area (Å²) >= 11 is 0. The van der Waals surface area contributed by atoms with E-state index in [2.05, 4.69) is 26.1 Å². The molecule has 0 aromatic carbocycles. The highest BCUT2D eigenvalue weighted by Gasteiger charge is 2.06. The normalized spacial score (nSPS) is 12.0. The van der Waals surface area contributed by atoms with Gasteiger partial charge in [-0.1, -0.05) is 12.8 Å². The fraction of sp³-hybridized carbons (Fsp3) is 1.00. The number of nitrogens with one attached hydrogen (secondary N) is 1. The van der Waals surface area contributed by atoms with E-state index in [1.807, 2.05) is 0 Å². The Labute approximate surface area is 76.9 Å². The minimum absolute atomic E-state index is 0.272. The summed E-state index contributed by atoms with van der Waals surface area (Å²) in [6.07, 6.45) is 5.04. The summed E-state index contributed by atoms with van der Waals surface area (Å²) in [6, 6.07) is 0. The molecule has 0 spiro atoms. The van der Waals surface area contributed by atoms with Gasteiger partial charge in [-0.2, -0.15) is 0 Å². The maximum Gasteiger partial charge on any atom is 0.00965 e. The van der Waals surface area contributed by atoms with Crippen molar-refractivity contribution in [3.05, 3.63) is 0 Å². The van der Waals surface area contributed by atoms with Crippen LogP contribution in [0.25, 0.3) is 0 Å². The van der Waals surface area contributed by atoms with Gasteiger partial charge in [0.25, 0.3) is 0 Å². The van der Waals surface area contributed by atoms with Gasteiger partial charge in [0.2, 0.25) is 0 Å². The highest BCUT2D eigenvalue weighted by molar-refractivity contribution is 4.69. The van der Waals surface area contributed by atoms with Crippen LogP contribution >= 0.6 is 0 Å². The Morgan fingerprint density at radius 2 is 1.58 bits per heavy atom. The van der Waals surface area contributed by atoms with Gasteiger partial charge in [-0.3, -0.25) is 0 Å². The second-order valence-electron chi connectivity index (χ2n) is 4.38. The van der Waals surface area contributed by atoms with Crippen molar-refractivity contribution in [3.8, 4) is 0 Å². The molecule has 0 aliphatic heterocycles. The van der Waals surface area contributed by atoms with Crippen LogP contribution in [0.3, 0.4) is 0 Å². The molecular formula is C10H24N2. The van der Waals surface area contributed by atoms with Crippen molar-refractivity contribution >= 4 is 0 Å². The predicted molar refractivity (Wildman–Crippen MR) is 55.3 cm³/mol. The molecule has 0 saturated heterocycles. The van der Waals surface area contributed by atoms with E-state index in [-0.39, 0.29) is 5.54 Å². The standard InChI is InChI=1S/C10H24N2/c1-10(2,3)12-9-7-5-4-6-8-11/h12H,4-9,11H2,1-3H3. The predicted octanol–water partition coefficient (Wildman–Crippen LogP) is 1.89. The van der Waals surface area contributed by atoms with Crippen LogP contribution in [0.2, 0.25) is 0 Å². The molecule has 0 aliphatic rings. The van der Waals surface area contributed by atoms with E-state index in [0.29, 0.717) is 0 Å². The zero-order valence-electron chi connectivity index (χ0n) is 8.82. The lowest BCUT2D eigenvalue weighted by molar-refractivity contribution is 0.416. The fourth-order valence-corrected chi connectivity index (χ4v) is 1.09. The molecule has 0 amide bonds. The molecule has 0 heterocycles. The molecule has 12 heavy (non-hydrogen) atoms. The fourth-order valence-electron chi connectivity index (χ4n) is 1.09. The van der Waals surface area contributed by atoms with Crippen molar-refractivity contribution < 1.29 is 0 Å². The highest BCUT2D eigenvalue weighted by Crippen LogP contribution is 2.01. The molecule has 0 saturated carbocycles. The lowest BCUT2D eigenvalue weighted by Crippen LogP contribution is -2.36. The third kappa shape index (κ3) is 9.92. The second kappa shape index (κ2) is 6.44. The Morgan fingerprint density at radius 3 is 2.08 bits per heavy atom. The topological polar surface area (TPSA) is 38.0 Å². The average Bonchev–Trinajstić information content (AvgIpc) is 1.94. The molecule has 0 aromatic rings. The van der Waals surface area contributed by atoms with E-state index in [9.17, 15) is 0 Å². The molecule has 0 aliphatic carbocycles. The zero-order chi connectivity index (χ0) is 9.45. The van der Waals surface area contributed by atoms with Gasteiger partial charge < -0.3 is 11.1 Å². The van der Waals surface area contributed by atoms with Crippen LogP contribution in [-0.4, -0.2) is 18.6 Å². The number of nitrogens with two attached hydrogens (primary N) is 1. The molecule has 0 radical (unpaired) electrons. The van der Waals surface area contributed by atoms with Crippen LogP contribution in [0, 0.1) is 0 Å². The molecule has 0 fully saturated rings. The molecule has 0 unspecified atom stereocenters. The Morgan fingerprint density at radius 1 is 1.00 bits per heavy atom. The van der Waals surface area contributed by atoms with Crippen molar-refractivity contribution in [2.24, 2.45) is 5.73 Å². The van der Waals surface area contributed by atoms with Gasteiger partial charge in [0.1, 0.15) is 0 Å². The van der Waals surface area contributed by atoms with E-state index in [1.165, 1.54) is 25.7 Å². The van der Waals surface area contributed by atoms with Gasteiger partial charge in [-0.25, -0.2) is 0 Å². The van der Waals surface area contributed by atoms with Crippen LogP contribution in [0.15, 0.2) is 0 Å². The van der Waals surface area contributed by atoms with E-state index < -0.39 is 0 Å². The second-order valence-corrected chi connectivity index (χ2v) is 4.38. The van der Waals surface area contributed by atoms with E-state index in [1.54, 1.807) is 0 Å². The Kier molecular flexibility index (Phi) is 6.39. The van der Waals surface area contributed by atoms with E-state index in [4.69, 9.17) is 5.73 Å². The van der Waals surface area contributed by atoms with Gasteiger partial charge in [0.15, 0.2) is 0 Å². The van der Waals surface area contributed by atoms with Gasteiger partial charge in [-0.15, -0.1) is 0 Å². The molecule has 2 nitrogen and oxygen atoms in total. The first kappa shape index (κ1) is 11.9. The van der Waals surface area contributed by atoms with Crippen LogP contribution in [0.5, 0.6) is 0 Å². The van der Waals surface area contributed by atoms with Crippen molar-refractivity contribution in [2.45, 2.75) is 52.0 Å². The Hall–Kier alpha value is -0.0800. The lowest BCUT2D eigenvalue weighted by Gasteiger charge is -2.20. The largest absolute Gasteiger partial charge is 0.330 e. The quantitative estimate of drug-likeness (QED) is 0.600. The maximum atomic E-state index is 5.40. The SMILES string of the molecule is CC(C)(C)NCCCCCCN. The van der Waals surface area contributed by atoms with Crippen LogP contribution in [0.4, 0.5) is 0 Å². The smallest absolute Gasteiger partial charge is 0.00965 e. The zero-order valence-corrected chi connectivity index (χ0v) is 8.82. The number of hydrogen-bond donors (Lipinski definition) is 2. The van der Waals surface area contributed by atoms with Crippen molar-refractivity contribution in [1.29, 1.82) is 0 Å². The molecule has 0 aromatic heterocycles. The number of rotatable bonds is 6. The van der Waals surface area contributed by atoms with E-state index >= 15 is 0 Å². The monoisotopic (exact) mass is 172 g/mol. The minimum Gasteiger partial charge on any atom is -0.330 e. The van der Waals surface area contributed by atoms with Gasteiger partial charge >= 0.3 is 0 Å². The van der Waals surface area contributed by atoms with Crippen molar-refractivity contribution in [2.75, 3.05) is 13.1 Å². The molecule has 0 atom stereocenters. The molecule has 2 heteroatoms. The molecule has 74 valence electrons. The molecule has 0 bridgehead atoms. The van der Waals surface area contributed by atoms with E-state index in [0.717, 1.165) is 13.1 Å². The summed E-state index contributed by atoms with van der Waals surface area (Å²) in [7, 11) is 0. The first-order valence-electron chi connectivity index (χ1n) is 5.01. The molecule has 3 N–H and O–H groups in total. The maximum absolute atomic E-state index is 5.40. The molecular weight excluding hydrogens is 148 g/mol. The minimum atomic E-state index is 0.272. The number of hydrogen-bond acceptors (Lipinski definition) is 2.